The zero-order chi connectivity index (χ0) is 25.6. The Bertz CT molecular complexity index is 1300. The Morgan fingerprint density at radius 1 is 1.00 bits per heavy atom. The Morgan fingerprint density at radius 3 is 2.31 bits per heavy atom. The van der Waals surface area contributed by atoms with Crippen LogP contribution in [0.2, 0.25) is 5.02 Å². The van der Waals surface area contributed by atoms with Gasteiger partial charge in [0.15, 0.2) is 0 Å². The summed E-state index contributed by atoms with van der Waals surface area (Å²) >= 11 is 9.56. The molecule has 0 saturated carbocycles. The topological polar surface area (TPSA) is 86.8 Å². The Balaban J connectivity index is 2.02. The van der Waals surface area contributed by atoms with Gasteiger partial charge in [0.1, 0.15) is 12.6 Å². The third-order valence-electron chi connectivity index (χ3n) is 5.36. The molecule has 0 aliphatic rings. The van der Waals surface area contributed by atoms with Crippen LogP contribution in [0.4, 0.5) is 5.69 Å². The maximum atomic E-state index is 13.6. The number of hydrogen-bond donors (Lipinski definition) is 1. The largest absolute Gasteiger partial charge is 0.357 e. The monoisotopic (exact) mass is 577 g/mol. The molecule has 3 rings (SSSR count). The van der Waals surface area contributed by atoms with Gasteiger partial charge in [-0.1, -0.05) is 63.9 Å². The first-order valence-electron chi connectivity index (χ1n) is 10.7. The van der Waals surface area contributed by atoms with Crippen molar-refractivity contribution in [3.05, 3.63) is 93.9 Å². The van der Waals surface area contributed by atoms with Crippen molar-refractivity contribution in [2.75, 3.05) is 17.9 Å². The fourth-order valence-corrected chi connectivity index (χ4v) is 5.56. The molecule has 0 aliphatic heterocycles. The van der Waals surface area contributed by atoms with E-state index in [1.165, 1.54) is 30.1 Å². The lowest BCUT2D eigenvalue weighted by Crippen LogP contribution is -2.50. The molecule has 35 heavy (non-hydrogen) atoms. The van der Waals surface area contributed by atoms with Gasteiger partial charge in [-0.05, 0) is 55.0 Å². The van der Waals surface area contributed by atoms with E-state index < -0.39 is 28.5 Å². The van der Waals surface area contributed by atoms with Crippen LogP contribution in [0, 0.1) is 0 Å². The maximum absolute atomic E-state index is 13.6. The van der Waals surface area contributed by atoms with Crippen molar-refractivity contribution in [3.8, 4) is 0 Å². The maximum Gasteiger partial charge on any atom is 0.264 e. The average Bonchev–Trinajstić information content (AvgIpc) is 2.85. The average molecular weight is 579 g/mol. The molecule has 0 unspecified atom stereocenters. The van der Waals surface area contributed by atoms with Gasteiger partial charge in [0.2, 0.25) is 11.8 Å². The van der Waals surface area contributed by atoms with E-state index in [0.717, 1.165) is 14.3 Å². The first-order chi connectivity index (χ1) is 16.6. The molecule has 1 N–H and O–H groups in total. The van der Waals surface area contributed by atoms with Crippen molar-refractivity contribution in [2.24, 2.45) is 0 Å². The number of rotatable bonds is 9. The molecule has 0 aliphatic carbocycles. The van der Waals surface area contributed by atoms with E-state index in [9.17, 15) is 18.0 Å². The van der Waals surface area contributed by atoms with Crippen molar-refractivity contribution in [3.63, 3.8) is 0 Å². The molecule has 0 saturated heterocycles. The molecule has 0 spiro atoms. The first-order valence-corrected chi connectivity index (χ1v) is 13.3. The lowest BCUT2D eigenvalue weighted by atomic mass is 10.1. The van der Waals surface area contributed by atoms with Crippen LogP contribution in [0.5, 0.6) is 0 Å². The highest BCUT2D eigenvalue weighted by Gasteiger charge is 2.32. The summed E-state index contributed by atoms with van der Waals surface area (Å²) in [6, 6.07) is 20.6. The fraction of sp³-hybridized carbons (Fsp3) is 0.200. The van der Waals surface area contributed by atoms with Crippen LogP contribution in [0.15, 0.2) is 88.2 Å². The van der Waals surface area contributed by atoms with Crippen molar-refractivity contribution >= 4 is 55.1 Å². The zero-order valence-corrected chi connectivity index (χ0v) is 22.3. The Kier molecular flexibility index (Phi) is 8.93. The smallest absolute Gasteiger partial charge is 0.264 e. The highest BCUT2D eigenvalue weighted by molar-refractivity contribution is 9.10. The number of amides is 2. The van der Waals surface area contributed by atoms with Gasteiger partial charge in [0.05, 0.1) is 10.6 Å². The van der Waals surface area contributed by atoms with Gasteiger partial charge in [0, 0.05) is 23.1 Å². The summed E-state index contributed by atoms with van der Waals surface area (Å²) in [7, 11) is -2.63. The molecule has 0 fully saturated rings. The van der Waals surface area contributed by atoms with E-state index >= 15 is 0 Å². The summed E-state index contributed by atoms with van der Waals surface area (Å²) in [5, 5.41) is 2.88. The van der Waals surface area contributed by atoms with E-state index in [1.54, 1.807) is 43.3 Å². The van der Waals surface area contributed by atoms with E-state index in [1.807, 2.05) is 24.3 Å². The van der Waals surface area contributed by atoms with Crippen molar-refractivity contribution in [1.29, 1.82) is 0 Å². The molecule has 0 bridgehead atoms. The van der Waals surface area contributed by atoms with E-state index in [-0.39, 0.29) is 23.0 Å². The third kappa shape index (κ3) is 6.62. The van der Waals surface area contributed by atoms with Crippen LogP contribution in [0.25, 0.3) is 0 Å². The number of carbonyl (C=O) groups excluding carboxylic acids is 2. The number of halogens is 2. The highest BCUT2D eigenvalue weighted by atomic mass is 79.9. The fourth-order valence-electron chi connectivity index (χ4n) is 3.50. The predicted molar refractivity (Wildman–Crippen MR) is 141 cm³/mol. The van der Waals surface area contributed by atoms with Crippen molar-refractivity contribution < 1.29 is 18.0 Å². The molecular weight excluding hydrogens is 554 g/mol. The van der Waals surface area contributed by atoms with Gasteiger partial charge in [-0.3, -0.25) is 13.9 Å². The van der Waals surface area contributed by atoms with Gasteiger partial charge < -0.3 is 10.2 Å². The summed E-state index contributed by atoms with van der Waals surface area (Å²) in [4.78, 5) is 27.5. The second-order valence-corrected chi connectivity index (χ2v) is 11.0. The number of sulfonamides is 1. The molecule has 10 heteroatoms. The SMILES string of the molecule is CNC(=O)[C@H](C)N(Cc1cccc(Br)c1)C(=O)CN(c1cccc(Cl)c1)S(=O)(=O)c1ccccc1. The molecule has 1 atom stereocenters. The zero-order valence-electron chi connectivity index (χ0n) is 19.2. The van der Waals surface area contributed by atoms with Crippen LogP contribution in [-0.4, -0.2) is 44.8 Å². The molecule has 0 heterocycles. The van der Waals surface area contributed by atoms with Gasteiger partial charge in [-0.2, -0.15) is 0 Å². The number of nitrogens with one attached hydrogen (secondary N) is 1. The normalized spacial score (nSPS) is 12.0. The molecule has 3 aromatic rings. The summed E-state index contributed by atoms with van der Waals surface area (Å²) in [5.74, 6) is -0.908. The number of anilines is 1. The van der Waals surface area contributed by atoms with E-state index in [2.05, 4.69) is 21.2 Å². The second kappa shape index (κ2) is 11.7. The van der Waals surface area contributed by atoms with Gasteiger partial charge >= 0.3 is 0 Å². The first kappa shape index (κ1) is 26.7. The number of hydrogen-bond acceptors (Lipinski definition) is 4. The Hall–Kier alpha value is -2.88. The minimum atomic E-state index is -4.11. The standard InChI is InChI=1S/C25H25BrClN3O4S/c1-18(25(32)28-2)29(16-19-8-6-9-20(26)14-19)24(31)17-30(22-11-7-10-21(27)15-22)35(33,34)23-12-4-3-5-13-23/h3-15,18H,16-17H2,1-2H3,(H,28,32)/t18-/m0/s1. The minimum absolute atomic E-state index is 0.0330. The number of carbonyl (C=O) groups is 2. The summed E-state index contributed by atoms with van der Waals surface area (Å²) in [6.45, 7) is 1.19. The Labute approximate surface area is 218 Å². The molecule has 0 aromatic heterocycles. The summed E-state index contributed by atoms with van der Waals surface area (Å²) in [6.07, 6.45) is 0. The van der Waals surface area contributed by atoms with Crippen LogP contribution < -0.4 is 9.62 Å². The van der Waals surface area contributed by atoms with E-state index in [4.69, 9.17) is 11.6 Å². The number of benzene rings is 3. The summed E-state index contributed by atoms with van der Waals surface area (Å²) in [5.41, 5.74) is 1.02. The van der Waals surface area contributed by atoms with E-state index in [0.29, 0.717) is 5.02 Å². The number of nitrogens with zero attached hydrogens (tertiary/aromatic N) is 2. The molecule has 7 nitrogen and oxygen atoms in total. The minimum Gasteiger partial charge on any atom is -0.357 e. The van der Waals surface area contributed by atoms with Gasteiger partial charge in [-0.25, -0.2) is 8.42 Å². The third-order valence-corrected chi connectivity index (χ3v) is 7.88. The highest BCUT2D eigenvalue weighted by Crippen LogP contribution is 2.27. The summed E-state index contributed by atoms with van der Waals surface area (Å²) < 4.78 is 29.0. The lowest BCUT2D eigenvalue weighted by molar-refractivity contribution is -0.139. The molecule has 0 radical (unpaired) electrons. The van der Waals surface area contributed by atoms with Crippen LogP contribution in [0.3, 0.4) is 0 Å². The van der Waals surface area contributed by atoms with Crippen LogP contribution in [0.1, 0.15) is 12.5 Å². The lowest BCUT2D eigenvalue weighted by Gasteiger charge is -2.31. The molecule has 2 amide bonds. The van der Waals surface area contributed by atoms with Crippen molar-refractivity contribution in [1.82, 2.24) is 10.2 Å². The van der Waals surface area contributed by atoms with Crippen LogP contribution >= 0.6 is 27.5 Å². The molecular formula is C25H25BrClN3O4S. The quantitative estimate of drug-likeness (QED) is 0.406. The van der Waals surface area contributed by atoms with Crippen LogP contribution in [-0.2, 0) is 26.2 Å². The van der Waals surface area contributed by atoms with Crippen molar-refractivity contribution in [2.45, 2.75) is 24.4 Å². The van der Waals surface area contributed by atoms with Gasteiger partial charge in [0.25, 0.3) is 10.0 Å². The Morgan fingerprint density at radius 2 is 1.69 bits per heavy atom. The molecule has 184 valence electrons. The second-order valence-electron chi connectivity index (χ2n) is 7.75. The van der Waals surface area contributed by atoms with Gasteiger partial charge in [-0.15, -0.1) is 0 Å². The molecule has 3 aromatic carbocycles. The number of likely N-dealkylation sites (N-methyl/N-ethyl adjacent to an activating group) is 1. The predicted octanol–water partition coefficient (Wildman–Crippen LogP) is 4.46.